The van der Waals surface area contributed by atoms with Crippen molar-refractivity contribution in [1.82, 2.24) is 0 Å². The number of carboxylic acids is 1. The predicted octanol–water partition coefficient (Wildman–Crippen LogP) is 3.87. The number of ether oxygens (including phenoxy) is 1. The standard InChI is InChI=1S/C21H18O5/c1-12-18(25-11-13-5-7-14(8-6-13)20(22)23)10-9-16-15-3-2-4-17(15)21(24)26-19(12)16/h5-10H,2-4,11H2,1H3,(H,22,23). The zero-order valence-electron chi connectivity index (χ0n) is 14.4. The van der Waals surface area contributed by atoms with Crippen molar-refractivity contribution in [3.05, 3.63) is 74.6 Å². The van der Waals surface area contributed by atoms with Crippen LogP contribution >= 0.6 is 0 Å². The average Bonchev–Trinajstić information content (AvgIpc) is 3.13. The van der Waals surface area contributed by atoms with Crippen LogP contribution in [0.3, 0.4) is 0 Å². The quantitative estimate of drug-likeness (QED) is 0.723. The van der Waals surface area contributed by atoms with Gasteiger partial charge < -0.3 is 14.3 Å². The Labute approximate surface area is 149 Å². The summed E-state index contributed by atoms with van der Waals surface area (Å²) in [5.74, 6) is -0.300. The smallest absolute Gasteiger partial charge is 0.339 e. The lowest BCUT2D eigenvalue weighted by atomic mass is 10.0. The molecule has 4 rings (SSSR count). The van der Waals surface area contributed by atoms with Crippen LogP contribution in [0.1, 0.15) is 39.0 Å². The molecule has 0 unspecified atom stereocenters. The maximum absolute atomic E-state index is 12.2. The van der Waals surface area contributed by atoms with Crippen molar-refractivity contribution in [2.45, 2.75) is 32.8 Å². The lowest BCUT2D eigenvalue weighted by Crippen LogP contribution is -2.08. The molecule has 1 aromatic heterocycles. The van der Waals surface area contributed by atoms with Gasteiger partial charge in [-0.3, -0.25) is 0 Å². The minimum absolute atomic E-state index is 0.241. The van der Waals surface area contributed by atoms with E-state index >= 15 is 0 Å². The molecular formula is C21H18O5. The van der Waals surface area contributed by atoms with E-state index in [0.717, 1.165) is 46.9 Å². The second-order valence-corrected chi connectivity index (χ2v) is 6.56. The first kappa shape index (κ1) is 16.4. The summed E-state index contributed by atoms with van der Waals surface area (Å²) in [5, 5.41) is 9.94. The van der Waals surface area contributed by atoms with Crippen molar-refractivity contribution in [2.75, 3.05) is 0 Å². The first-order valence-electron chi connectivity index (χ1n) is 8.58. The number of fused-ring (bicyclic) bond motifs is 3. The molecule has 132 valence electrons. The Balaban J connectivity index is 1.63. The number of benzene rings is 2. The summed E-state index contributed by atoms with van der Waals surface area (Å²) >= 11 is 0. The molecule has 3 aromatic rings. The molecule has 0 bridgehead atoms. The minimum Gasteiger partial charge on any atom is -0.488 e. The molecule has 0 radical (unpaired) electrons. The first-order chi connectivity index (χ1) is 12.5. The van der Waals surface area contributed by atoms with E-state index in [0.29, 0.717) is 17.9 Å². The van der Waals surface area contributed by atoms with Crippen molar-refractivity contribution in [2.24, 2.45) is 0 Å². The van der Waals surface area contributed by atoms with Gasteiger partial charge in [-0.05, 0) is 61.6 Å². The van der Waals surface area contributed by atoms with Gasteiger partial charge in [0.05, 0.1) is 5.56 Å². The normalized spacial score (nSPS) is 13.0. The number of rotatable bonds is 4. The summed E-state index contributed by atoms with van der Waals surface area (Å²) in [6.45, 7) is 2.19. The maximum Gasteiger partial charge on any atom is 0.339 e. The SMILES string of the molecule is Cc1c(OCc2ccc(C(=O)O)cc2)ccc2c3c(c(=O)oc12)CCC3. The van der Waals surface area contributed by atoms with Crippen molar-refractivity contribution in [1.29, 1.82) is 0 Å². The van der Waals surface area contributed by atoms with E-state index in [1.54, 1.807) is 24.3 Å². The molecule has 0 saturated heterocycles. The molecule has 0 aliphatic heterocycles. The van der Waals surface area contributed by atoms with Crippen LogP contribution in [0, 0.1) is 6.92 Å². The minimum atomic E-state index is -0.953. The van der Waals surface area contributed by atoms with E-state index in [1.165, 1.54) is 0 Å². The fraction of sp³-hybridized carbons (Fsp3) is 0.238. The van der Waals surface area contributed by atoms with Crippen LogP contribution in [0.4, 0.5) is 0 Å². The van der Waals surface area contributed by atoms with Crippen LogP contribution in [-0.2, 0) is 19.4 Å². The van der Waals surface area contributed by atoms with Crippen LogP contribution in [0.5, 0.6) is 5.75 Å². The largest absolute Gasteiger partial charge is 0.488 e. The monoisotopic (exact) mass is 350 g/mol. The molecule has 0 saturated carbocycles. The summed E-state index contributed by atoms with van der Waals surface area (Å²) < 4.78 is 11.5. The van der Waals surface area contributed by atoms with Gasteiger partial charge in [0.15, 0.2) is 0 Å². The van der Waals surface area contributed by atoms with Crippen LogP contribution in [-0.4, -0.2) is 11.1 Å². The van der Waals surface area contributed by atoms with Crippen LogP contribution in [0.15, 0.2) is 45.6 Å². The summed E-state index contributed by atoms with van der Waals surface area (Å²) in [7, 11) is 0. The average molecular weight is 350 g/mol. The van der Waals surface area contributed by atoms with Gasteiger partial charge in [0.25, 0.3) is 0 Å². The highest BCUT2D eigenvalue weighted by Crippen LogP contribution is 2.33. The van der Waals surface area contributed by atoms with Gasteiger partial charge in [0.1, 0.15) is 17.9 Å². The molecule has 0 atom stereocenters. The molecule has 0 fully saturated rings. The highest BCUT2D eigenvalue weighted by atomic mass is 16.5. The van der Waals surface area contributed by atoms with Gasteiger partial charge in [-0.2, -0.15) is 0 Å². The Morgan fingerprint density at radius 1 is 1.12 bits per heavy atom. The number of aryl methyl sites for hydroxylation is 2. The van der Waals surface area contributed by atoms with Gasteiger partial charge >= 0.3 is 11.6 Å². The zero-order chi connectivity index (χ0) is 18.3. The number of hydrogen-bond donors (Lipinski definition) is 1. The summed E-state index contributed by atoms with van der Waals surface area (Å²) in [5.41, 5.74) is 4.18. The highest BCUT2D eigenvalue weighted by Gasteiger charge is 2.21. The predicted molar refractivity (Wildman–Crippen MR) is 97.0 cm³/mol. The van der Waals surface area contributed by atoms with Gasteiger partial charge in [-0.25, -0.2) is 9.59 Å². The fourth-order valence-corrected chi connectivity index (χ4v) is 3.52. The zero-order valence-corrected chi connectivity index (χ0v) is 14.4. The number of hydrogen-bond acceptors (Lipinski definition) is 4. The first-order valence-corrected chi connectivity index (χ1v) is 8.58. The summed E-state index contributed by atoms with van der Waals surface area (Å²) in [4.78, 5) is 23.1. The van der Waals surface area contributed by atoms with Crippen molar-refractivity contribution >= 4 is 16.9 Å². The van der Waals surface area contributed by atoms with Crippen molar-refractivity contribution < 1.29 is 19.1 Å². The molecule has 5 nitrogen and oxygen atoms in total. The molecule has 1 aliphatic carbocycles. The molecule has 1 aliphatic rings. The third-order valence-electron chi connectivity index (χ3n) is 4.94. The highest BCUT2D eigenvalue weighted by molar-refractivity contribution is 5.87. The second kappa shape index (κ2) is 6.33. The van der Waals surface area contributed by atoms with E-state index in [1.807, 2.05) is 19.1 Å². The Morgan fingerprint density at radius 3 is 2.58 bits per heavy atom. The molecule has 26 heavy (non-hydrogen) atoms. The molecule has 1 N–H and O–H groups in total. The Morgan fingerprint density at radius 2 is 1.85 bits per heavy atom. The molecular weight excluding hydrogens is 332 g/mol. The molecule has 1 heterocycles. The van der Waals surface area contributed by atoms with Gasteiger partial charge in [0.2, 0.25) is 0 Å². The van der Waals surface area contributed by atoms with Crippen molar-refractivity contribution in [3.63, 3.8) is 0 Å². The van der Waals surface area contributed by atoms with Crippen molar-refractivity contribution in [3.8, 4) is 5.75 Å². The topological polar surface area (TPSA) is 76.7 Å². The van der Waals surface area contributed by atoms with Crippen LogP contribution < -0.4 is 10.4 Å². The summed E-state index contributed by atoms with van der Waals surface area (Å²) in [6.07, 6.45) is 2.69. The van der Waals surface area contributed by atoms with Crippen LogP contribution in [0.25, 0.3) is 11.0 Å². The van der Waals surface area contributed by atoms with E-state index in [9.17, 15) is 9.59 Å². The van der Waals surface area contributed by atoms with Gasteiger partial charge in [0, 0.05) is 16.5 Å². The number of aromatic carboxylic acids is 1. The maximum atomic E-state index is 12.2. The Bertz CT molecular complexity index is 1060. The molecule has 0 spiro atoms. The lowest BCUT2D eigenvalue weighted by molar-refractivity contribution is 0.0697. The Hall–Kier alpha value is -3.08. The number of carbonyl (C=O) groups is 1. The summed E-state index contributed by atoms with van der Waals surface area (Å²) in [6, 6.07) is 10.4. The van der Waals surface area contributed by atoms with E-state index in [2.05, 4.69) is 0 Å². The Kier molecular flexibility index (Phi) is 3.99. The van der Waals surface area contributed by atoms with E-state index in [4.69, 9.17) is 14.3 Å². The molecule has 5 heteroatoms. The second-order valence-electron chi connectivity index (χ2n) is 6.56. The fourth-order valence-electron chi connectivity index (χ4n) is 3.52. The molecule has 0 amide bonds. The number of carboxylic acid groups (broad SMARTS) is 1. The van der Waals surface area contributed by atoms with Gasteiger partial charge in [-0.15, -0.1) is 0 Å². The van der Waals surface area contributed by atoms with Crippen LogP contribution in [0.2, 0.25) is 0 Å². The van der Waals surface area contributed by atoms with E-state index < -0.39 is 5.97 Å². The van der Waals surface area contributed by atoms with E-state index in [-0.39, 0.29) is 11.2 Å². The third-order valence-corrected chi connectivity index (χ3v) is 4.94. The molecule has 2 aromatic carbocycles. The third kappa shape index (κ3) is 2.75. The van der Waals surface area contributed by atoms with Gasteiger partial charge in [-0.1, -0.05) is 12.1 Å². The lowest BCUT2D eigenvalue weighted by Gasteiger charge is -2.12.